The molecule has 1 atom stereocenters. The number of hydrogen-bond donors (Lipinski definition) is 5. The number of allylic oxidation sites excluding steroid dienone is 2. The van der Waals surface area contributed by atoms with E-state index >= 15 is 0 Å². The predicted molar refractivity (Wildman–Crippen MR) is 126 cm³/mol. The van der Waals surface area contributed by atoms with E-state index in [0.29, 0.717) is 28.7 Å². The Bertz CT molecular complexity index is 1400. The van der Waals surface area contributed by atoms with Crippen molar-refractivity contribution < 1.29 is 29.9 Å². The van der Waals surface area contributed by atoms with Crippen LogP contribution in [0.4, 0.5) is 4.39 Å². The van der Waals surface area contributed by atoms with Gasteiger partial charge in [-0.25, -0.2) is 4.39 Å². The average molecular weight is 456 g/mol. The number of rotatable bonds is 4. The lowest BCUT2D eigenvalue weighted by Gasteiger charge is -2.20. The summed E-state index contributed by atoms with van der Waals surface area (Å²) in [7, 11) is 0. The van der Waals surface area contributed by atoms with Gasteiger partial charge < -0.3 is 25.5 Å². The van der Waals surface area contributed by atoms with Gasteiger partial charge in [-0.3, -0.25) is 0 Å². The number of aromatic hydroxyl groups is 5. The fourth-order valence-corrected chi connectivity index (χ4v) is 4.73. The average Bonchev–Trinajstić information content (AvgIpc) is 3.09. The molecule has 0 radical (unpaired) electrons. The second-order valence-electron chi connectivity index (χ2n) is 8.38. The first-order valence-electron chi connectivity index (χ1n) is 10.7. The van der Waals surface area contributed by atoms with Crippen LogP contribution in [0.5, 0.6) is 28.7 Å². The highest BCUT2D eigenvalue weighted by Gasteiger charge is 2.36. The molecular formula is C28H21FO5. The van der Waals surface area contributed by atoms with Gasteiger partial charge in [0.1, 0.15) is 34.6 Å². The van der Waals surface area contributed by atoms with E-state index in [-0.39, 0.29) is 34.6 Å². The van der Waals surface area contributed by atoms with Crippen LogP contribution in [0, 0.1) is 5.82 Å². The molecular weight excluding hydrogens is 435 g/mol. The van der Waals surface area contributed by atoms with Gasteiger partial charge in [-0.1, -0.05) is 24.3 Å². The highest BCUT2D eigenvalue weighted by Crippen LogP contribution is 2.55. The molecule has 34 heavy (non-hydrogen) atoms. The molecule has 6 heteroatoms. The van der Waals surface area contributed by atoms with E-state index in [2.05, 4.69) is 0 Å². The summed E-state index contributed by atoms with van der Waals surface area (Å²) in [5, 5.41) is 51.5. The molecule has 170 valence electrons. The van der Waals surface area contributed by atoms with Crippen molar-refractivity contribution in [1.82, 2.24) is 0 Å². The van der Waals surface area contributed by atoms with Crippen LogP contribution in [0.2, 0.25) is 0 Å². The van der Waals surface area contributed by atoms with E-state index in [1.165, 1.54) is 36.4 Å². The lowest BCUT2D eigenvalue weighted by Crippen LogP contribution is -2.02. The molecule has 0 aliphatic heterocycles. The third-order valence-electron chi connectivity index (χ3n) is 6.10. The van der Waals surface area contributed by atoms with Crippen LogP contribution in [0.1, 0.15) is 33.7 Å². The fraction of sp³-hybridized carbons (Fsp3) is 0.0714. The Kier molecular flexibility index (Phi) is 5.13. The summed E-state index contributed by atoms with van der Waals surface area (Å²) in [5.74, 6) is -1.27. The van der Waals surface area contributed by atoms with Crippen molar-refractivity contribution in [2.45, 2.75) is 12.3 Å². The van der Waals surface area contributed by atoms with Gasteiger partial charge in [-0.05, 0) is 82.3 Å². The molecule has 0 spiro atoms. The number of halogens is 1. The van der Waals surface area contributed by atoms with Crippen molar-refractivity contribution >= 4 is 11.1 Å². The SMILES string of the molecule is Oc1ccc(C2C(c3cc(O)cc(O)c3)=C(Cc3ccc(F)cc3)c3cc(O)cc(O)c32)cc1. The first kappa shape index (κ1) is 21.4. The van der Waals surface area contributed by atoms with Crippen molar-refractivity contribution in [3.05, 3.63) is 112 Å². The summed E-state index contributed by atoms with van der Waals surface area (Å²) in [6.45, 7) is 0. The Morgan fingerprint density at radius 2 is 1.26 bits per heavy atom. The molecule has 5 N–H and O–H groups in total. The maximum absolute atomic E-state index is 13.5. The van der Waals surface area contributed by atoms with E-state index < -0.39 is 5.92 Å². The van der Waals surface area contributed by atoms with E-state index in [1.54, 1.807) is 42.5 Å². The minimum absolute atomic E-state index is 0.0870. The Hall–Kier alpha value is -4.45. The lowest BCUT2D eigenvalue weighted by atomic mass is 9.84. The van der Waals surface area contributed by atoms with Gasteiger partial charge in [-0.2, -0.15) is 0 Å². The van der Waals surface area contributed by atoms with Gasteiger partial charge in [0.2, 0.25) is 0 Å². The summed E-state index contributed by atoms with van der Waals surface area (Å²) in [6, 6.07) is 19.7. The number of benzene rings is 4. The maximum atomic E-state index is 13.5. The first-order valence-corrected chi connectivity index (χ1v) is 10.7. The van der Waals surface area contributed by atoms with Crippen LogP contribution in [-0.4, -0.2) is 25.5 Å². The minimum atomic E-state index is -0.521. The minimum Gasteiger partial charge on any atom is -0.508 e. The molecule has 0 bridgehead atoms. The highest BCUT2D eigenvalue weighted by atomic mass is 19.1. The van der Waals surface area contributed by atoms with Gasteiger partial charge >= 0.3 is 0 Å². The molecule has 1 aliphatic carbocycles. The van der Waals surface area contributed by atoms with Crippen LogP contribution in [0.3, 0.4) is 0 Å². The summed E-state index contributed by atoms with van der Waals surface area (Å²) < 4.78 is 13.5. The fourth-order valence-electron chi connectivity index (χ4n) is 4.73. The Morgan fingerprint density at radius 3 is 1.91 bits per heavy atom. The quantitative estimate of drug-likeness (QED) is 0.273. The van der Waals surface area contributed by atoms with Crippen molar-refractivity contribution in [2.24, 2.45) is 0 Å². The summed E-state index contributed by atoms with van der Waals surface area (Å²) in [6.07, 6.45) is 0.344. The van der Waals surface area contributed by atoms with E-state index in [0.717, 1.165) is 16.7 Å². The third kappa shape index (κ3) is 3.79. The summed E-state index contributed by atoms with van der Waals surface area (Å²) in [4.78, 5) is 0. The van der Waals surface area contributed by atoms with E-state index in [1.807, 2.05) is 0 Å². The molecule has 5 nitrogen and oxygen atoms in total. The second-order valence-corrected chi connectivity index (χ2v) is 8.38. The highest BCUT2D eigenvalue weighted by molar-refractivity contribution is 6.03. The molecule has 5 rings (SSSR count). The summed E-state index contributed by atoms with van der Waals surface area (Å²) >= 11 is 0. The zero-order valence-electron chi connectivity index (χ0n) is 17.9. The van der Waals surface area contributed by atoms with Crippen molar-refractivity contribution in [3.63, 3.8) is 0 Å². The smallest absolute Gasteiger partial charge is 0.124 e. The van der Waals surface area contributed by atoms with Crippen LogP contribution in [0.25, 0.3) is 11.1 Å². The molecule has 0 saturated heterocycles. The van der Waals surface area contributed by atoms with Crippen LogP contribution in [-0.2, 0) is 6.42 Å². The lowest BCUT2D eigenvalue weighted by molar-refractivity contribution is 0.446. The molecule has 1 unspecified atom stereocenters. The van der Waals surface area contributed by atoms with Gasteiger partial charge in [0.15, 0.2) is 0 Å². The molecule has 0 amide bonds. The van der Waals surface area contributed by atoms with E-state index in [4.69, 9.17) is 0 Å². The predicted octanol–water partition coefficient (Wildman–Crippen LogP) is 5.65. The molecule has 0 saturated carbocycles. The van der Waals surface area contributed by atoms with Gasteiger partial charge in [-0.15, -0.1) is 0 Å². The monoisotopic (exact) mass is 456 g/mol. The van der Waals surface area contributed by atoms with Crippen LogP contribution in [0.15, 0.2) is 78.9 Å². The normalized spacial score (nSPS) is 14.9. The molecule has 4 aromatic carbocycles. The number of phenolic OH excluding ortho intramolecular Hbond substituents is 5. The van der Waals surface area contributed by atoms with Crippen molar-refractivity contribution in [2.75, 3.05) is 0 Å². The van der Waals surface area contributed by atoms with Crippen LogP contribution >= 0.6 is 0 Å². The second kappa shape index (κ2) is 8.15. The summed E-state index contributed by atoms with van der Waals surface area (Å²) in [5.41, 5.74) is 4.71. The Morgan fingerprint density at radius 1 is 0.647 bits per heavy atom. The van der Waals surface area contributed by atoms with Crippen LogP contribution < -0.4 is 0 Å². The zero-order valence-corrected chi connectivity index (χ0v) is 17.9. The zero-order chi connectivity index (χ0) is 24.0. The van der Waals surface area contributed by atoms with Gasteiger partial charge in [0, 0.05) is 23.6 Å². The molecule has 0 fully saturated rings. The number of fused-ring (bicyclic) bond motifs is 1. The third-order valence-corrected chi connectivity index (χ3v) is 6.10. The van der Waals surface area contributed by atoms with Gasteiger partial charge in [0.05, 0.1) is 0 Å². The number of hydrogen-bond acceptors (Lipinski definition) is 5. The first-order chi connectivity index (χ1) is 16.3. The van der Waals surface area contributed by atoms with Crippen molar-refractivity contribution in [1.29, 1.82) is 0 Å². The molecule has 1 aliphatic rings. The number of phenols is 5. The topological polar surface area (TPSA) is 101 Å². The Balaban J connectivity index is 1.82. The molecule has 0 aromatic heterocycles. The molecule has 0 heterocycles. The standard InChI is InChI=1S/C28H21FO5/c29-18-5-1-15(2-6-18)9-23-24-13-22(33)14-25(34)28(24)27(16-3-7-19(30)8-4-16)26(23)17-10-20(31)12-21(32)11-17/h1-8,10-14,27,30-34H,9H2. The Labute approximate surface area is 195 Å². The van der Waals surface area contributed by atoms with Crippen molar-refractivity contribution in [3.8, 4) is 28.7 Å². The van der Waals surface area contributed by atoms with Gasteiger partial charge in [0.25, 0.3) is 0 Å². The van der Waals surface area contributed by atoms with E-state index in [9.17, 15) is 29.9 Å². The largest absolute Gasteiger partial charge is 0.508 e. The molecule has 4 aromatic rings. The maximum Gasteiger partial charge on any atom is 0.124 e.